The van der Waals surface area contributed by atoms with Crippen molar-refractivity contribution in [3.8, 4) is 0 Å². The molecule has 5 rings (SSSR count). The molecule has 1 amide bonds. The first-order valence-electron chi connectivity index (χ1n) is 8.97. The molecule has 5 aliphatic carbocycles. The van der Waals surface area contributed by atoms with Gasteiger partial charge in [-0.15, -0.1) is 11.6 Å². The minimum absolute atomic E-state index is 0.000850. The van der Waals surface area contributed by atoms with E-state index in [1.807, 2.05) is 0 Å². The molecular weight excluding hydrogens is 282 g/mol. The van der Waals surface area contributed by atoms with Gasteiger partial charge in [-0.05, 0) is 69.1 Å². The Kier molecular flexibility index (Phi) is 3.52. The molecule has 21 heavy (non-hydrogen) atoms. The summed E-state index contributed by atoms with van der Waals surface area (Å²) in [5.74, 6) is 3.60. The van der Waals surface area contributed by atoms with Crippen molar-refractivity contribution >= 4 is 17.5 Å². The summed E-state index contributed by atoms with van der Waals surface area (Å²) in [5.41, 5.74) is 0.195. The zero-order valence-electron chi connectivity index (χ0n) is 13.0. The highest BCUT2D eigenvalue weighted by Crippen LogP contribution is 2.60. The van der Waals surface area contributed by atoms with E-state index in [2.05, 4.69) is 5.32 Å². The van der Waals surface area contributed by atoms with Gasteiger partial charge in [0.2, 0.25) is 5.91 Å². The fourth-order valence-electron chi connectivity index (χ4n) is 6.33. The van der Waals surface area contributed by atoms with Gasteiger partial charge in [-0.1, -0.05) is 12.8 Å². The fraction of sp³-hybridized carbons (Fsp3) is 0.944. The Morgan fingerprint density at radius 3 is 2.00 bits per heavy atom. The molecule has 4 bridgehead atoms. The maximum absolute atomic E-state index is 13.0. The number of amides is 1. The van der Waals surface area contributed by atoms with Gasteiger partial charge in [0.25, 0.3) is 0 Å². The second-order valence-electron chi connectivity index (χ2n) is 8.72. The Morgan fingerprint density at radius 1 is 1.00 bits per heavy atom. The van der Waals surface area contributed by atoms with Crippen LogP contribution in [0, 0.1) is 28.6 Å². The van der Waals surface area contributed by atoms with Gasteiger partial charge in [-0.2, -0.15) is 0 Å². The van der Waals surface area contributed by atoms with Crippen molar-refractivity contribution in [2.45, 2.75) is 64.2 Å². The maximum atomic E-state index is 13.0. The predicted molar refractivity (Wildman–Crippen MR) is 85.2 cm³/mol. The molecule has 5 fully saturated rings. The van der Waals surface area contributed by atoms with Crippen LogP contribution in [0.25, 0.3) is 0 Å². The number of hydrogen-bond donors (Lipinski definition) is 1. The molecular formula is C18H28ClNO. The Balaban J connectivity index is 1.43. The number of alkyl halides is 1. The van der Waals surface area contributed by atoms with Crippen LogP contribution in [-0.2, 0) is 4.79 Å². The summed E-state index contributed by atoms with van der Waals surface area (Å²) >= 11 is 6.22. The summed E-state index contributed by atoms with van der Waals surface area (Å²) in [6.07, 6.45) is 12.6. The summed E-state index contributed by atoms with van der Waals surface area (Å²) in [7, 11) is 0. The number of carbonyl (C=O) groups is 1. The number of carbonyl (C=O) groups excluding carboxylic acids is 1. The van der Waals surface area contributed by atoms with Crippen molar-refractivity contribution in [2.24, 2.45) is 28.6 Å². The van der Waals surface area contributed by atoms with E-state index in [1.165, 1.54) is 64.2 Å². The van der Waals surface area contributed by atoms with E-state index in [4.69, 9.17) is 11.6 Å². The Labute approximate surface area is 133 Å². The van der Waals surface area contributed by atoms with Gasteiger partial charge in [0.15, 0.2) is 0 Å². The van der Waals surface area contributed by atoms with E-state index >= 15 is 0 Å². The first-order chi connectivity index (χ1) is 10.1. The average Bonchev–Trinajstić information content (AvgIpc) is 2.93. The molecule has 5 aliphatic rings. The van der Waals surface area contributed by atoms with Gasteiger partial charge in [0.1, 0.15) is 0 Å². The number of nitrogens with one attached hydrogen (secondary N) is 1. The van der Waals surface area contributed by atoms with Crippen LogP contribution in [0.3, 0.4) is 0 Å². The Hall–Kier alpha value is -0.240. The van der Waals surface area contributed by atoms with Crippen LogP contribution >= 0.6 is 11.6 Å². The first-order valence-corrected chi connectivity index (χ1v) is 9.51. The largest absolute Gasteiger partial charge is 0.355 e. The van der Waals surface area contributed by atoms with Crippen LogP contribution in [0.4, 0.5) is 0 Å². The van der Waals surface area contributed by atoms with Crippen LogP contribution in [0.1, 0.15) is 64.2 Å². The molecule has 0 atom stereocenters. The van der Waals surface area contributed by atoms with Crippen LogP contribution in [0.15, 0.2) is 0 Å². The normalized spacial score (nSPS) is 43.2. The number of rotatable bonds is 4. The minimum Gasteiger partial charge on any atom is -0.355 e. The van der Waals surface area contributed by atoms with Gasteiger partial charge in [-0.25, -0.2) is 0 Å². The van der Waals surface area contributed by atoms with E-state index in [1.54, 1.807) is 0 Å². The van der Waals surface area contributed by atoms with E-state index < -0.39 is 0 Å². The number of halogens is 1. The lowest BCUT2D eigenvalue weighted by Crippen LogP contribution is -2.54. The summed E-state index contributed by atoms with van der Waals surface area (Å²) in [4.78, 5) is 13.0. The molecule has 0 unspecified atom stereocenters. The molecule has 2 nitrogen and oxygen atoms in total. The topological polar surface area (TPSA) is 29.1 Å². The summed E-state index contributed by atoms with van der Waals surface area (Å²) in [6.45, 7) is 0.817. The lowest BCUT2D eigenvalue weighted by atomic mass is 9.49. The summed E-state index contributed by atoms with van der Waals surface area (Å²) in [5, 5.41) is 3.35. The van der Waals surface area contributed by atoms with Crippen LogP contribution in [0.5, 0.6) is 0 Å². The molecule has 3 heteroatoms. The van der Waals surface area contributed by atoms with E-state index in [-0.39, 0.29) is 10.8 Å². The summed E-state index contributed by atoms with van der Waals surface area (Å²) < 4.78 is 0. The lowest BCUT2D eigenvalue weighted by Gasteiger charge is -2.55. The quantitative estimate of drug-likeness (QED) is 0.778. The monoisotopic (exact) mass is 309 g/mol. The smallest absolute Gasteiger partial charge is 0.226 e. The van der Waals surface area contributed by atoms with Crippen molar-refractivity contribution in [3.63, 3.8) is 0 Å². The Morgan fingerprint density at radius 2 is 1.52 bits per heavy atom. The molecule has 0 saturated heterocycles. The molecule has 0 aliphatic heterocycles. The zero-order chi connectivity index (χ0) is 14.5. The highest BCUT2D eigenvalue weighted by atomic mass is 35.5. The molecule has 5 saturated carbocycles. The molecule has 0 spiro atoms. The molecule has 0 aromatic carbocycles. The van der Waals surface area contributed by atoms with Crippen molar-refractivity contribution in [2.75, 3.05) is 12.4 Å². The third-order valence-electron chi connectivity index (χ3n) is 7.09. The first kappa shape index (κ1) is 14.4. The summed E-state index contributed by atoms with van der Waals surface area (Å²) in [6, 6.07) is 0. The lowest BCUT2D eigenvalue weighted by molar-refractivity contribution is -0.146. The predicted octanol–water partition coefficient (Wildman–Crippen LogP) is 4.12. The Bertz CT molecular complexity index is 392. The van der Waals surface area contributed by atoms with Crippen LogP contribution < -0.4 is 5.32 Å². The van der Waals surface area contributed by atoms with Gasteiger partial charge in [-0.3, -0.25) is 4.79 Å². The third-order valence-corrected chi connectivity index (χ3v) is 7.66. The van der Waals surface area contributed by atoms with E-state index in [0.29, 0.717) is 11.8 Å². The second-order valence-corrected chi connectivity index (χ2v) is 8.99. The van der Waals surface area contributed by atoms with Crippen molar-refractivity contribution < 1.29 is 4.79 Å². The third kappa shape index (κ3) is 2.42. The van der Waals surface area contributed by atoms with E-state index in [0.717, 1.165) is 24.3 Å². The molecule has 1 N–H and O–H groups in total. The van der Waals surface area contributed by atoms with Crippen molar-refractivity contribution in [1.82, 2.24) is 5.32 Å². The van der Waals surface area contributed by atoms with Crippen LogP contribution in [-0.4, -0.2) is 18.3 Å². The van der Waals surface area contributed by atoms with Gasteiger partial charge >= 0.3 is 0 Å². The van der Waals surface area contributed by atoms with Gasteiger partial charge < -0.3 is 5.32 Å². The molecule has 0 heterocycles. The second kappa shape index (κ2) is 5.15. The highest BCUT2D eigenvalue weighted by Gasteiger charge is 2.54. The number of hydrogen-bond acceptors (Lipinski definition) is 1. The highest BCUT2D eigenvalue weighted by molar-refractivity contribution is 6.18. The van der Waals surface area contributed by atoms with E-state index in [9.17, 15) is 4.79 Å². The standard InChI is InChI=1S/C18H28ClNO/c19-11-17(3-1-2-4-17)12-20-16(21)18-8-13-5-14(9-18)7-15(6-13)10-18/h13-15H,1-12H2,(H,20,21). The molecule has 0 aromatic heterocycles. The molecule has 0 radical (unpaired) electrons. The SMILES string of the molecule is O=C(NCC1(CCl)CCCC1)C12CC3CC(CC(C3)C1)C2. The van der Waals surface area contributed by atoms with Crippen LogP contribution in [0.2, 0.25) is 0 Å². The average molecular weight is 310 g/mol. The van der Waals surface area contributed by atoms with Crippen molar-refractivity contribution in [1.29, 1.82) is 0 Å². The molecule has 0 aromatic rings. The fourth-order valence-corrected chi connectivity index (χ4v) is 6.69. The maximum Gasteiger partial charge on any atom is 0.226 e. The zero-order valence-corrected chi connectivity index (χ0v) is 13.8. The van der Waals surface area contributed by atoms with Gasteiger partial charge in [0.05, 0.1) is 0 Å². The molecule has 118 valence electrons. The van der Waals surface area contributed by atoms with Crippen molar-refractivity contribution in [3.05, 3.63) is 0 Å². The minimum atomic E-state index is 0.000850. The van der Waals surface area contributed by atoms with Gasteiger partial charge in [0, 0.05) is 23.3 Å².